The first-order valence-electron chi connectivity index (χ1n) is 8.00. The van der Waals surface area contributed by atoms with Gasteiger partial charge in [0.1, 0.15) is 17.1 Å². The van der Waals surface area contributed by atoms with Gasteiger partial charge in [-0.3, -0.25) is 4.79 Å². The quantitative estimate of drug-likeness (QED) is 0.393. The zero-order valence-electron chi connectivity index (χ0n) is 14.6. The maximum atomic E-state index is 13.6. The third-order valence-corrected chi connectivity index (χ3v) is 3.58. The number of rotatable bonds is 4. The molecule has 3 rings (SSSR count). The fraction of sp³-hybridized carbons (Fsp3) is 0.150. The van der Waals surface area contributed by atoms with Crippen LogP contribution in [-0.4, -0.2) is 23.1 Å². The highest BCUT2D eigenvalue weighted by atomic mass is 19.1. The number of phenolic OH excluding ortho intramolecular Hbond substituents is 2. The predicted octanol–water partition coefficient (Wildman–Crippen LogP) is 4.91. The standard InChI is InChI=1S/C18H13FO5.C2H6/c1-23-17-11-8-9-24-18(11)16(22)15(21)14(17)13(20)7-6-10-4-2-3-5-12(10)19;1-2/h2-9,21-22H,1H3;1-2H3/b7-6+;. The van der Waals surface area contributed by atoms with Crippen molar-refractivity contribution in [2.75, 3.05) is 7.11 Å². The molecule has 0 saturated carbocycles. The number of fused-ring (bicyclic) bond motifs is 1. The number of methoxy groups -OCH3 is 1. The van der Waals surface area contributed by atoms with Crippen molar-refractivity contribution in [2.24, 2.45) is 0 Å². The summed E-state index contributed by atoms with van der Waals surface area (Å²) < 4.78 is 23.9. The average molecular weight is 358 g/mol. The second kappa shape index (κ2) is 8.20. The Morgan fingerprint density at radius 3 is 2.50 bits per heavy atom. The molecule has 3 aromatic rings. The lowest BCUT2D eigenvalue weighted by Crippen LogP contribution is -2.00. The topological polar surface area (TPSA) is 79.9 Å². The van der Waals surface area contributed by atoms with E-state index in [1.807, 2.05) is 13.8 Å². The third-order valence-electron chi connectivity index (χ3n) is 3.58. The van der Waals surface area contributed by atoms with Gasteiger partial charge in [-0.05, 0) is 24.3 Å². The lowest BCUT2D eigenvalue weighted by molar-refractivity contribution is 0.104. The van der Waals surface area contributed by atoms with Crippen LogP contribution in [0.15, 0.2) is 47.1 Å². The number of aromatic hydroxyl groups is 2. The lowest BCUT2D eigenvalue weighted by Gasteiger charge is -2.10. The molecule has 0 unspecified atom stereocenters. The minimum absolute atomic E-state index is 0.0129. The summed E-state index contributed by atoms with van der Waals surface area (Å²) in [5.74, 6) is -2.27. The molecule has 1 aromatic heterocycles. The number of ether oxygens (including phenoxy) is 1. The van der Waals surface area contributed by atoms with Crippen molar-refractivity contribution >= 4 is 22.8 Å². The van der Waals surface area contributed by atoms with E-state index < -0.39 is 23.1 Å². The fourth-order valence-electron chi connectivity index (χ4n) is 2.44. The molecule has 0 saturated heterocycles. The zero-order valence-corrected chi connectivity index (χ0v) is 14.6. The summed E-state index contributed by atoms with van der Waals surface area (Å²) in [7, 11) is 1.33. The number of benzene rings is 2. The number of furan rings is 1. The van der Waals surface area contributed by atoms with Gasteiger partial charge >= 0.3 is 0 Å². The van der Waals surface area contributed by atoms with E-state index in [-0.39, 0.29) is 22.5 Å². The van der Waals surface area contributed by atoms with Crippen LogP contribution in [0.25, 0.3) is 17.0 Å². The van der Waals surface area contributed by atoms with Crippen molar-refractivity contribution < 1.29 is 28.6 Å². The van der Waals surface area contributed by atoms with Crippen LogP contribution < -0.4 is 4.74 Å². The normalized spacial score (nSPS) is 10.6. The minimum Gasteiger partial charge on any atom is -0.504 e. The number of allylic oxidation sites excluding steroid dienone is 1. The van der Waals surface area contributed by atoms with E-state index in [0.29, 0.717) is 5.39 Å². The maximum absolute atomic E-state index is 13.6. The number of ketones is 1. The van der Waals surface area contributed by atoms with Crippen LogP contribution in [0.4, 0.5) is 4.39 Å². The highest BCUT2D eigenvalue weighted by Gasteiger charge is 2.25. The second-order valence-corrected chi connectivity index (χ2v) is 4.99. The van der Waals surface area contributed by atoms with Gasteiger partial charge < -0.3 is 19.4 Å². The number of phenols is 2. The molecule has 0 aliphatic heterocycles. The van der Waals surface area contributed by atoms with Gasteiger partial charge in [-0.15, -0.1) is 0 Å². The molecule has 136 valence electrons. The molecule has 0 atom stereocenters. The van der Waals surface area contributed by atoms with Crippen molar-refractivity contribution in [1.29, 1.82) is 0 Å². The molecule has 2 N–H and O–H groups in total. The summed E-state index contributed by atoms with van der Waals surface area (Å²) in [6.45, 7) is 4.00. The van der Waals surface area contributed by atoms with E-state index in [2.05, 4.69) is 0 Å². The van der Waals surface area contributed by atoms with E-state index >= 15 is 0 Å². The van der Waals surface area contributed by atoms with Gasteiger partial charge in [0.05, 0.1) is 18.8 Å². The third kappa shape index (κ3) is 3.39. The van der Waals surface area contributed by atoms with Crippen molar-refractivity contribution in [3.63, 3.8) is 0 Å². The number of carbonyl (C=O) groups is 1. The molecule has 0 fully saturated rings. The van der Waals surface area contributed by atoms with Crippen molar-refractivity contribution in [1.82, 2.24) is 0 Å². The van der Waals surface area contributed by atoms with E-state index in [1.54, 1.807) is 6.07 Å². The number of carbonyl (C=O) groups excluding carboxylic acids is 1. The molecule has 0 radical (unpaired) electrons. The number of halogens is 1. The Kier molecular flexibility index (Phi) is 6.01. The van der Waals surface area contributed by atoms with E-state index in [9.17, 15) is 19.4 Å². The first-order chi connectivity index (χ1) is 12.5. The highest BCUT2D eigenvalue weighted by molar-refractivity contribution is 6.15. The summed E-state index contributed by atoms with van der Waals surface area (Å²) in [6.07, 6.45) is 3.68. The molecule has 1 heterocycles. The Bertz CT molecular complexity index is 956. The van der Waals surface area contributed by atoms with Crippen LogP contribution in [0.1, 0.15) is 29.8 Å². The first-order valence-corrected chi connectivity index (χ1v) is 8.00. The fourth-order valence-corrected chi connectivity index (χ4v) is 2.44. The Morgan fingerprint density at radius 2 is 1.85 bits per heavy atom. The van der Waals surface area contributed by atoms with Gasteiger partial charge in [-0.1, -0.05) is 32.0 Å². The summed E-state index contributed by atoms with van der Waals surface area (Å²) >= 11 is 0. The van der Waals surface area contributed by atoms with Gasteiger partial charge in [0.25, 0.3) is 0 Å². The summed E-state index contributed by atoms with van der Waals surface area (Å²) in [4.78, 5) is 12.5. The van der Waals surface area contributed by atoms with Crippen molar-refractivity contribution in [3.05, 3.63) is 59.6 Å². The highest BCUT2D eigenvalue weighted by Crippen LogP contribution is 2.45. The molecular weight excluding hydrogens is 339 g/mol. The summed E-state index contributed by atoms with van der Waals surface area (Å²) in [5, 5.41) is 20.5. The van der Waals surface area contributed by atoms with Crippen LogP contribution in [0.5, 0.6) is 17.2 Å². The van der Waals surface area contributed by atoms with Gasteiger partial charge in [-0.2, -0.15) is 0 Å². The Hall–Kier alpha value is -3.28. The maximum Gasteiger partial charge on any atom is 0.202 e. The smallest absolute Gasteiger partial charge is 0.202 e. The largest absolute Gasteiger partial charge is 0.504 e. The van der Waals surface area contributed by atoms with Crippen molar-refractivity contribution in [3.8, 4) is 17.2 Å². The molecule has 0 bridgehead atoms. The predicted molar refractivity (Wildman–Crippen MR) is 97.2 cm³/mol. The number of hydrogen-bond donors (Lipinski definition) is 2. The molecule has 0 spiro atoms. The minimum atomic E-state index is -0.655. The molecular formula is C20H19FO5. The Balaban J connectivity index is 0.00000117. The van der Waals surface area contributed by atoms with Crippen LogP contribution in [0.2, 0.25) is 0 Å². The zero-order chi connectivity index (χ0) is 19.3. The van der Waals surface area contributed by atoms with Gasteiger partial charge in [0, 0.05) is 5.56 Å². The number of hydrogen-bond acceptors (Lipinski definition) is 5. The second-order valence-electron chi connectivity index (χ2n) is 4.99. The first kappa shape index (κ1) is 19.1. The molecule has 0 aliphatic carbocycles. The van der Waals surface area contributed by atoms with E-state index in [4.69, 9.17) is 9.15 Å². The average Bonchev–Trinajstić information content (AvgIpc) is 3.15. The summed E-state index contributed by atoms with van der Waals surface area (Å²) in [5.41, 5.74) is 0.00777. The van der Waals surface area contributed by atoms with Crippen LogP contribution in [-0.2, 0) is 0 Å². The Morgan fingerprint density at radius 1 is 1.15 bits per heavy atom. The lowest BCUT2D eigenvalue weighted by atomic mass is 10.0. The molecule has 6 heteroatoms. The van der Waals surface area contributed by atoms with E-state index in [0.717, 1.165) is 6.08 Å². The SMILES string of the molecule is CC.COc1c(C(=O)/C=C/c2ccccc2F)c(O)c(O)c2occc12. The van der Waals surface area contributed by atoms with Crippen LogP contribution in [0, 0.1) is 5.82 Å². The molecule has 26 heavy (non-hydrogen) atoms. The molecule has 5 nitrogen and oxygen atoms in total. The molecule has 2 aromatic carbocycles. The summed E-state index contributed by atoms with van der Waals surface area (Å²) in [6, 6.07) is 7.45. The monoisotopic (exact) mass is 358 g/mol. The Labute approximate surface area is 149 Å². The van der Waals surface area contributed by atoms with E-state index in [1.165, 1.54) is 43.7 Å². The van der Waals surface area contributed by atoms with Gasteiger partial charge in [-0.25, -0.2) is 4.39 Å². The molecule has 0 aliphatic rings. The van der Waals surface area contributed by atoms with Gasteiger partial charge in [0.15, 0.2) is 17.1 Å². The van der Waals surface area contributed by atoms with Gasteiger partial charge in [0.2, 0.25) is 5.75 Å². The van der Waals surface area contributed by atoms with Crippen molar-refractivity contribution in [2.45, 2.75) is 13.8 Å². The van der Waals surface area contributed by atoms with Crippen LogP contribution in [0.3, 0.4) is 0 Å². The van der Waals surface area contributed by atoms with Crippen LogP contribution >= 0.6 is 0 Å². The molecule has 0 amide bonds.